The first-order chi connectivity index (χ1) is 11.4. The molecule has 5 nitrogen and oxygen atoms in total. The van der Waals surface area contributed by atoms with Crippen molar-refractivity contribution in [3.05, 3.63) is 18.1 Å². The van der Waals surface area contributed by atoms with Gasteiger partial charge >= 0.3 is 0 Å². The van der Waals surface area contributed by atoms with Gasteiger partial charge in [0.1, 0.15) is 12.1 Å². The molecule has 1 aromatic heterocycles. The zero-order valence-corrected chi connectivity index (χ0v) is 14.4. The molecule has 0 bridgehead atoms. The third kappa shape index (κ3) is 4.64. The van der Waals surface area contributed by atoms with Gasteiger partial charge < -0.3 is 14.5 Å². The lowest BCUT2D eigenvalue weighted by Gasteiger charge is -2.27. The highest BCUT2D eigenvalue weighted by Crippen LogP contribution is 2.25. The molecule has 0 unspecified atom stereocenters. The van der Waals surface area contributed by atoms with Gasteiger partial charge in [0.05, 0.1) is 12.3 Å². The lowest BCUT2D eigenvalue weighted by Crippen LogP contribution is -2.36. The van der Waals surface area contributed by atoms with Gasteiger partial charge in [0.2, 0.25) is 0 Å². The van der Waals surface area contributed by atoms with E-state index in [1.807, 2.05) is 0 Å². The molecule has 0 radical (unpaired) electrons. The molecule has 0 saturated carbocycles. The Morgan fingerprint density at radius 1 is 1.22 bits per heavy atom. The second-order valence-electron chi connectivity index (χ2n) is 6.70. The molecular weight excluding hydrogens is 288 g/mol. The first-order valence-corrected chi connectivity index (χ1v) is 9.24. The van der Waals surface area contributed by atoms with Gasteiger partial charge in [-0.3, -0.25) is 0 Å². The highest BCUT2D eigenvalue weighted by Gasteiger charge is 2.20. The van der Waals surface area contributed by atoms with Crippen molar-refractivity contribution in [3.8, 4) is 0 Å². The predicted molar refractivity (Wildman–Crippen MR) is 93.0 cm³/mol. The fraction of sp³-hybridized carbons (Fsp3) is 0.778. The minimum atomic E-state index is 0.445. The Morgan fingerprint density at radius 3 is 2.74 bits per heavy atom. The summed E-state index contributed by atoms with van der Waals surface area (Å²) in [6.45, 7) is 9.56. The fourth-order valence-corrected chi connectivity index (χ4v) is 3.58. The van der Waals surface area contributed by atoms with E-state index < -0.39 is 0 Å². The summed E-state index contributed by atoms with van der Waals surface area (Å²) in [5, 5.41) is 0. The summed E-state index contributed by atoms with van der Waals surface area (Å²) in [6.07, 6.45) is 8.30. The van der Waals surface area contributed by atoms with Crippen LogP contribution in [0.2, 0.25) is 0 Å². The third-order valence-electron chi connectivity index (χ3n) is 5.11. The predicted octanol–water partition coefficient (Wildman–Crippen LogP) is 2.68. The smallest absolute Gasteiger partial charge is 0.132 e. The van der Waals surface area contributed by atoms with Crippen LogP contribution in [0.15, 0.2) is 12.4 Å². The van der Waals surface area contributed by atoms with Crippen LogP contribution in [-0.2, 0) is 4.74 Å². The maximum Gasteiger partial charge on any atom is 0.132 e. The van der Waals surface area contributed by atoms with Gasteiger partial charge in [0.25, 0.3) is 0 Å². The fourth-order valence-electron chi connectivity index (χ4n) is 3.58. The first kappa shape index (κ1) is 16.7. The van der Waals surface area contributed by atoms with E-state index in [0.717, 1.165) is 50.8 Å². The van der Waals surface area contributed by atoms with Gasteiger partial charge in [0.15, 0.2) is 0 Å². The van der Waals surface area contributed by atoms with E-state index in [9.17, 15) is 0 Å². The average Bonchev–Trinajstić information content (AvgIpc) is 3.01. The SMILES string of the molecule is CCN(CCN1CCCCCC1)c1cc([C@@H]2CCOC2)ncn1. The molecule has 3 heterocycles. The molecule has 23 heavy (non-hydrogen) atoms. The molecule has 0 aliphatic carbocycles. The van der Waals surface area contributed by atoms with Gasteiger partial charge in [-0.05, 0) is 39.3 Å². The second kappa shape index (κ2) is 8.60. The van der Waals surface area contributed by atoms with Crippen molar-refractivity contribution in [2.45, 2.75) is 44.9 Å². The number of likely N-dealkylation sites (tertiary alicyclic amines) is 1. The van der Waals surface area contributed by atoms with Gasteiger partial charge in [-0.1, -0.05) is 12.8 Å². The Kier molecular flexibility index (Phi) is 6.22. The van der Waals surface area contributed by atoms with Crippen molar-refractivity contribution in [2.24, 2.45) is 0 Å². The number of likely N-dealkylation sites (N-methyl/N-ethyl adjacent to an activating group) is 1. The highest BCUT2D eigenvalue weighted by molar-refractivity contribution is 5.39. The van der Waals surface area contributed by atoms with Crippen molar-refractivity contribution < 1.29 is 4.74 Å². The molecule has 1 atom stereocenters. The number of hydrogen-bond acceptors (Lipinski definition) is 5. The number of anilines is 1. The van der Waals surface area contributed by atoms with Gasteiger partial charge in [-0.2, -0.15) is 0 Å². The van der Waals surface area contributed by atoms with E-state index in [1.165, 1.54) is 38.8 Å². The monoisotopic (exact) mass is 318 g/mol. The van der Waals surface area contributed by atoms with Crippen molar-refractivity contribution in [1.29, 1.82) is 0 Å². The van der Waals surface area contributed by atoms with E-state index in [-0.39, 0.29) is 0 Å². The normalized spacial score (nSPS) is 22.9. The Balaban J connectivity index is 1.59. The third-order valence-corrected chi connectivity index (χ3v) is 5.11. The molecule has 0 N–H and O–H groups in total. The summed E-state index contributed by atoms with van der Waals surface area (Å²) in [6, 6.07) is 2.17. The molecule has 0 amide bonds. The summed E-state index contributed by atoms with van der Waals surface area (Å²) in [5.74, 6) is 1.51. The summed E-state index contributed by atoms with van der Waals surface area (Å²) in [7, 11) is 0. The van der Waals surface area contributed by atoms with Gasteiger partial charge in [-0.25, -0.2) is 9.97 Å². The van der Waals surface area contributed by atoms with Crippen molar-refractivity contribution in [3.63, 3.8) is 0 Å². The molecule has 3 rings (SSSR count). The lowest BCUT2D eigenvalue weighted by atomic mass is 10.0. The van der Waals surface area contributed by atoms with Crippen LogP contribution in [-0.4, -0.2) is 60.8 Å². The van der Waals surface area contributed by atoms with E-state index in [2.05, 4.69) is 32.8 Å². The molecule has 2 fully saturated rings. The summed E-state index contributed by atoms with van der Waals surface area (Å²) < 4.78 is 5.50. The standard InChI is InChI=1S/C18H30N4O/c1-2-22(11-10-21-8-5-3-4-6-9-21)18-13-17(19-15-20-18)16-7-12-23-14-16/h13,15-16H,2-12,14H2,1H3/t16-/m1/s1. The van der Waals surface area contributed by atoms with E-state index >= 15 is 0 Å². The Morgan fingerprint density at radius 2 is 2.04 bits per heavy atom. The number of rotatable bonds is 6. The zero-order chi connectivity index (χ0) is 15.9. The summed E-state index contributed by atoms with van der Waals surface area (Å²) >= 11 is 0. The van der Waals surface area contributed by atoms with E-state index in [1.54, 1.807) is 6.33 Å². The Hall–Kier alpha value is -1.20. The van der Waals surface area contributed by atoms with Crippen LogP contribution < -0.4 is 4.90 Å². The second-order valence-corrected chi connectivity index (χ2v) is 6.70. The van der Waals surface area contributed by atoms with Crippen LogP contribution in [0.3, 0.4) is 0 Å². The molecule has 0 aromatic carbocycles. The lowest BCUT2D eigenvalue weighted by molar-refractivity contribution is 0.193. The van der Waals surface area contributed by atoms with Crippen LogP contribution in [0, 0.1) is 0 Å². The largest absolute Gasteiger partial charge is 0.381 e. The maximum atomic E-state index is 5.50. The van der Waals surface area contributed by atoms with Crippen molar-refractivity contribution in [1.82, 2.24) is 14.9 Å². The molecule has 128 valence electrons. The first-order valence-electron chi connectivity index (χ1n) is 9.24. The molecule has 2 aliphatic rings. The van der Waals surface area contributed by atoms with Crippen molar-refractivity contribution in [2.75, 3.05) is 50.8 Å². The quantitative estimate of drug-likeness (QED) is 0.806. The molecule has 0 spiro atoms. The van der Waals surface area contributed by atoms with Crippen molar-refractivity contribution >= 4 is 5.82 Å². The maximum absolute atomic E-state index is 5.50. The zero-order valence-electron chi connectivity index (χ0n) is 14.4. The molecule has 2 aliphatic heterocycles. The highest BCUT2D eigenvalue weighted by atomic mass is 16.5. The number of aromatic nitrogens is 2. The number of nitrogens with zero attached hydrogens (tertiary/aromatic N) is 4. The van der Waals surface area contributed by atoms with E-state index in [4.69, 9.17) is 4.74 Å². The Bertz CT molecular complexity index is 468. The number of hydrogen-bond donors (Lipinski definition) is 0. The molecule has 5 heteroatoms. The molecule has 1 aromatic rings. The van der Waals surface area contributed by atoms with Crippen LogP contribution in [0.4, 0.5) is 5.82 Å². The summed E-state index contributed by atoms with van der Waals surface area (Å²) in [5.41, 5.74) is 1.14. The van der Waals surface area contributed by atoms with Crippen LogP contribution in [0.5, 0.6) is 0 Å². The average molecular weight is 318 g/mol. The van der Waals surface area contributed by atoms with Gasteiger partial charge in [0, 0.05) is 38.2 Å². The minimum Gasteiger partial charge on any atom is -0.381 e. The van der Waals surface area contributed by atoms with Crippen LogP contribution >= 0.6 is 0 Å². The minimum absolute atomic E-state index is 0.445. The van der Waals surface area contributed by atoms with Crippen LogP contribution in [0.25, 0.3) is 0 Å². The van der Waals surface area contributed by atoms with E-state index in [0.29, 0.717) is 5.92 Å². The van der Waals surface area contributed by atoms with Gasteiger partial charge in [-0.15, -0.1) is 0 Å². The Labute approximate surface area is 140 Å². The summed E-state index contributed by atoms with van der Waals surface area (Å²) in [4.78, 5) is 14.0. The number of ether oxygens (including phenoxy) is 1. The molecular formula is C18H30N4O. The topological polar surface area (TPSA) is 41.5 Å². The molecule has 2 saturated heterocycles. The van der Waals surface area contributed by atoms with Crippen LogP contribution in [0.1, 0.15) is 50.6 Å².